The maximum atomic E-state index is 6.08. The summed E-state index contributed by atoms with van der Waals surface area (Å²) in [5.74, 6) is 0.581. The molecule has 0 fully saturated rings. The number of nitrogens with one attached hydrogen (secondary N) is 1. The summed E-state index contributed by atoms with van der Waals surface area (Å²) in [5.41, 5.74) is 3.80. The van der Waals surface area contributed by atoms with Gasteiger partial charge in [0, 0.05) is 10.2 Å². The van der Waals surface area contributed by atoms with E-state index < -0.39 is 0 Å². The van der Waals surface area contributed by atoms with Crippen molar-refractivity contribution in [3.8, 4) is 0 Å². The normalized spacial score (nSPS) is 10.5. The molecule has 0 bridgehead atoms. The van der Waals surface area contributed by atoms with Crippen molar-refractivity contribution < 1.29 is 0 Å². The summed E-state index contributed by atoms with van der Waals surface area (Å²) in [6.45, 7) is 5.83. The Morgan fingerprint density at radius 3 is 2.39 bits per heavy atom. The molecular weight excluding hydrogens is 314 g/mol. The predicted octanol–water partition coefficient (Wildman–Crippen LogP) is 4.56. The van der Waals surface area contributed by atoms with E-state index in [1.54, 1.807) is 0 Å². The Balaban J connectivity index is 2.36. The Labute approximate surface area is 120 Å². The van der Waals surface area contributed by atoms with Crippen LogP contribution in [0.3, 0.4) is 0 Å². The molecule has 0 amide bonds. The molecular formula is C13H13BrClN3. The fourth-order valence-corrected chi connectivity index (χ4v) is 2.42. The van der Waals surface area contributed by atoms with Crippen molar-refractivity contribution in [3.63, 3.8) is 0 Å². The van der Waals surface area contributed by atoms with Crippen LogP contribution in [0, 0.1) is 20.8 Å². The van der Waals surface area contributed by atoms with E-state index in [0.717, 1.165) is 27.1 Å². The largest absolute Gasteiger partial charge is 0.338 e. The van der Waals surface area contributed by atoms with Crippen molar-refractivity contribution in [2.45, 2.75) is 20.8 Å². The van der Waals surface area contributed by atoms with Gasteiger partial charge in [-0.2, -0.15) is 0 Å². The lowest BCUT2D eigenvalue weighted by Crippen LogP contribution is -2.01. The molecule has 3 nitrogen and oxygen atoms in total. The van der Waals surface area contributed by atoms with Crippen LogP contribution in [0.5, 0.6) is 0 Å². The van der Waals surface area contributed by atoms with Gasteiger partial charge in [0.05, 0.1) is 11.4 Å². The average Bonchev–Trinajstić information content (AvgIpc) is 2.24. The van der Waals surface area contributed by atoms with Crippen LogP contribution in [-0.4, -0.2) is 9.97 Å². The van der Waals surface area contributed by atoms with Crippen LogP contribution in [-0.2, 0) is 0 Å². The zero-order chi connectivity index (χ0) is 13.3. The molecule has 0 aliphatic rings. The third-order valence-electron chi connectivity index (χ3n) is 2.57. The zero-order valence-electron chi connectivity index (χ0n) is 10.4. The van der Waals surface area contributed by atoms with Gasteiger partial charge in [-0.1, -0.05) is 27.5 Å². The highest BCUT2D eigenvalue weighted by Gasteiger charge is 2.07. The van der Waals surface area contributed by atoms with Gasteiger partial charge in [-0.15, -0.1) is 0 Å². The highest BCUT2D eigenvalue weighted by Crippen LogP contribution is 2.25. The van der Waals surface area contributed by atoms with Gasteiger partial charge in [0.15, 0.2) is 11.0 Å². The van der Waals surface area contributed by atoms with E-state index in [9.17, 15) is 0 Å². The monoisotopic (exact) mass is 325 g/mol. The van der Waals surface area contributed by atoms with E-state index in [2.05, 4.69) is 31.2 Å². The summed E-state index contributed by atoms with van der Waals surface area (Å²) in [4.78, 5) is 8.65. The number of hydrogen-bond acceptors (Lipinski definition) is 3. The van der Waals surface area contributed by atoms with E-state index in [1.165, 1.54) is 0 Å². The molecule has 1 N–H and O–H groups in total. The second-order valence-corrected chi connectivity index (χ2v) is 5.45. The standard InChI is InChI=1S/C13H13BrClN3/c1-7-4-10(14)6-11(5-7)18-13-12(15)16-8(2)9(3)17-13/h4-6H,1-3H3,(H,17,18). The van der Waals surface area contributed by atoms with Gasteiger partial charge in [0.1, 0.15) is 0 Å². The van der Waals surface area contributed by atoms with Crippen LogP contribution < -0.4 is 5.32 Å². The minimum atomic E-state index is 0.385. The van der Waals surface area contributed by atoms with Crippen LogP contribution in [0.4, 0.5) is 11.5 Å². The number of halogens is 2. The van der Waals surface area contributed by atoms with E-state index in [4.69, 9.17) is 11.6 Å². The Morgan fingerprint density at radius 2 is 1.72 bits per heavy atom. The SMILES string of the molecule is Cc1cc(Br)cc(Nc2nc(C)c(C)nc2Cl)c1. The van der Waals surface area contributed by atoms with Crippen LogP contribution in [0.2, 0.25) is 5.15 Å². The van der Waals surface area contributed by atoms with E-state index in [0.29, 0.717) is 11.0 Å². The molecule has 94 valence electrons. The van der Waals surface area contributed by atoms with Gasteiger partial charge in [-0.3, -0.25) is 0 Å². The molecule has 0 aliphatic carbocycles. The fourth-order valence-electron chi connectivity index (χ4n) is 1.60. The van der Waals surface area contributed by atoms with Crippen molar-refractivity contribution >= 4 is 39.0 Å². The lowest BCUT2D eigenvalue weighted by Gasteiger charge is -2.10. The number of nitrogens with zero attached hydrogens (tertiary/aromatic N) is 2. The summed E-state index contributed by atoms with van der Waals surface area (Å²) < 4.78 is 1.01. The number of aromatic nitrogens is 2. The lowest BCUT2D eigenvalue weighted by molar-refractivity contribution is 1.05. The number of hydrogen-bond donors (Lipinski definition) is 1. The molecule has 0 radical (unpaired) electrons. The summed E-state index contributed by atoms with van der Waals surface area (Å²) in [6, 6.07) is 6.04. The summed E-state index contributed by atoms with van der Waals surface area (Å²) in [6.07, 6.45) is 0. The Kier molecular flexibility index (Phi) is 3.88. The van der Waals surface area contributed by atoms with Gasteiger partial charge < -0.3 is 5.32 Å². The third-order valence-corrected chi connectivity index (χ3v) is 3.29. The number of benzene rings is 1. The van der Waals surface area contributed by atoms with E-state index >= 15 is 0 Å². The van der Waals surface area contributed by atoms with E-state index in [1.807, 2.05) is 39.0 Å². The molecule has 0 aliphatic heterocycles. The second kappa shape index (κ2) is 5.24. The van der Waals surface area contributed by atoms with Gasteiger partial charge in [0.2, 0.25) is 0 Å². The summed E-state index contributed by atoms with van der Waals surface area (Å²) in [5, 5.41) is 3.57. The quantitative estimate of drug-likeness (QED) is 0.879. The second-order valence-electron chi connectivity index (χ2n) is 4.18. The highest BCUT2D eigenvalue weighted by molar-refractivity contribution is 9.10. The molecule has 0 saturated heterocycles. The van der Waals surface area contributed by atoms with Gasteiger partial charge in [-0.05, 0) is 44.5 Å². The summed E-state index contributed by atoms with van der Waals surface area (Å²) in [7, 11) is 0. The molecule has 2 rings (SSSR count). The Morgan fingerprint density at radius 1 is 1.06 bits per heavy atom. The third kappa shape index (κ3) is 3.00. The Hall–Kier alpha value is -1.13. The molecule has 1 aromatic heterocycles. The maximum absolute atomic E-state index is 6.08. The molecule has 0 atom stereocenters. The summed E-state index contributed by atoms with van der Waals surface area (Å²) >= 11 is 9.55. The molecule has 0 saturated carbocycles. The van der Waals surface area contributed by atoms with Crippen LogP contribution in [0.25, 0.3) is 0 Å². The van der Waals surface area contributed by atoms with Crippen molar-refractivity contribution in [2.24, 2.45) is 0 Å². The van der Waals surface area contributed by atoms with Gasteiger partial charge >= 0.3 is 0 Å². The van der Waals surface area contributed by atoms with Gasteiger partial charge in [0.25, 0.3) is 0 Å². The fraction of sp³-hybridized carbons (Fsp3) is 0.231. The number of anilines is 2. The molecule has 0 spiro atoms. The van der Waals surface area contributed by atoms with E-state index in [-0.39, 0.29) is 0 Å². The van der Waals surface area contributed by atoms with Crippen molar-refractivity contribution in [1.82, 2.24) is 9.97 Å². The lowest BCUT2D eigenvalue weighted by atomic mass is 10.2. The van der Waals surface area contributed by atoms with Crippen molar-refractivity contribution in [2.75, 3.05) is 5.32 Å². The smallest absolute Gasteiger partial charge is 0.172 e. The number of rotatable bonds is 2. The molecule has 18 heavy (non-hydrogen) atoms. The van der Waals surface area contributed by atoms with Crippen LogP contribution in [0.1, 0.15) is 17.0 Å². The maximum Gasteiger partial charge on any atom is 0.172 e. The molecule has 1 aromatic carbocycles. The first-order valence-electron chi connectivity index (χ1n) is 5.50. The molecule has 5 heteroatoms. The predicted molar refractivity (Wildman–Crippen MR) is 78.7 cm³/mol. The average molecular weight is 327 g/mol. The molecule has 2 aromatic rings. The van der Waals surface area contributed by atoms with Crippen molar-refractivity contribution in [1.29, 1.82) is 0 Å². The first-order valence-corrected chi connectivity index (χ1v) is 6.68. The van der Waals surface area contributed by atoms with Crippen molar-refractivity contribution in [3.05, 3.63) is 44.8 Å². The number of aryl methyl sites for hydroxylation is 3. The van der Waals surface area contributed by atoms with Gasteiger partial charge in [-0.25, -0.2) is 9.97 Å². The first kappa shape index (κ1) is 13.3. The Bertz CT molecular complexity index is 579. The van der Waals surface area contributed by atoms with Crippen LogP contribution >= 0.6 is 27.5 Å². The molecule has 1 heterocycles. The van der Waals surface area contributed by atoms with Crippen LogP contribution in [0.15, 0.2) is 22.7 Å². The minimum Gasteiger partial charge on any atom is -0.338 e. The highest BCUT2D eigenvalue weighted by atomic mass is 79.9. The minimum absolute atomic E-state index is 0.385. The zero-order valence-corrected chi connectivity index (χ0v) is 12.7. The topological polar surface area (TPSA) is 37.8 Å². The first-order chi connectivity index (χ1) is 8.45. The molecule has 0 unspecified atom stereocenters.